The molecule has 2 aromatic rings. The second-order valence-electron chi connectivity index (χ2n) is 6.21. The van der Waals surface area contributed by atoms with Gasteiger partial charge in [-0.25, -0.2) is 0 Å². The van der Waals surface area contributed by atoms with Gasteiger partial charge in [-0.05, 0) is 37.0 Å². The third-order valence-electron chi connectivity index (χ3n) is 3.33. The van der Waals surface area contributed by atoms with E-state index in [-0.39, 0.29) is 5.41 Å². The van der Waals surface area contributed by atoms with Gasteiger partial charge >= 0.3 is 0 Å². The van der Waals surface area contributed by atoms with Crippen LogP contribution in [-0.4, -0.2) is 4.98 Å². The molecule has 0 aliphatic carbocycles. The summed E-state index contributed by atoms with van der Waals surface area (Å²) in [5.74, 6) is 1.30. The molecule has 0 N–H and O–H groups in total. The Kier molecular flexibility index (Phi) is 3.99. The molecule has 0 saturated carbocycles. The van der Waals surface area contributed by atoms with Gasteiger partial charge in [0, 0.05) is 11.8 Å². The molecule has 0 amide bonds. The molecule has 3 nitrogen and oxygen atoms in total. The number of nitriles is 1. The smallest absolute Gasteiger partial charge is 0.148 e. The van der Waals surface area contributed by atoms with Crippen molar-refractivity contribution in [3.63, 3.8) is 0 Å². The molecular formula is C18H20N2O. The van der Waals surface area contributed by atoms with E-state index in [4.69, 9.17) is 4.74 Å². The van der Waals surface area contributed by atoms with Crippen LogP contribution < -0.4 is 4.74 Å². The zero-order valence-corrected chi connectivity index (χ0v) is 13.2. The first-order chi connectivity index (χ1) is 9.81. The maximum absolute atomic E-state index is 9.28. The highest BCUT2D eigenvalue weighted by Gasteiger charge is 2.15. The summed E-state index contributed by atoms with van der Waals surface area (Å²) in [7, 11) is 0. The standard InChI is InChI=1S/C18H20N2O/c1-12-9-17(16(11-19)13(2)20-12)21-15-8-6-7-14(10-15)18(3,4)5/h6-10H,1-5H3. The first kappa shape index (κ1) is 15.1. The Morgan fingerprint density at radius 1 is 1.14 bits per heavy atom. The van der Waals surface area contributed by atoms with Crippen molar-refractivity contribution < 1.29 is 4.74 Å². The monoisotopic (exact) mass is 280 g/mol. The first-order valence-corrected chi connectivity index (χ1v) is 6.98. The number of benzene rings is 1. The Labute approximate surface area is 126 Å². The van der Waals surface area contributed by atoms with E-state index in [2.05, 4.69) is 37.9 Å². The van der Waals surface area contributed by atoms with Crippen molar-refractivity contribution in [1.82, 2.24) is 4.98 Å². The van der Waals surface area contributed by atoms with Crippen LogP contribution >= 0.6 is 0 Å². The van der Waals surface area contributed by atoms with Gasteiger partial charge in [0.05, 0.1) is 5.69 Å². The van der Waals surface area contributed by atoms with E-state index >= 15 is 0 Å². The molecule has 108 valence electrons. The molecule has 0 bridgehead atoms. The van der Waals surface area contributed by atoms with Crippen LogP contribution in [0.3, 0.4) is 0 Å². The van der Waals surface area contributed by atoms with Gasteiger partial charge in [-0.3, -0.25) is 4.98 Å². The topological polar surface area (TPSA) is 45.9 Å². The van der Waals surface area contributed by atoms with Gasteiger partial charge in [-0.2, -0.15) is 5.26 Å². The van der Waals surface area contributed by atoms with E-state index in [0.29, 0.717) is 17.0 Å². The molecule has 1 aromatic heterocycles. The summed E-state index contributed by atoms with van der Waals surface area (Å²) in [6, 6.07) is 12.0. The van der Waals surface area contributed by atoms with Crippen LogP contribution in [0, 0.1) is 25.2 Å². The van der Waals surface area contributed by atoms with E-state index in [9.17, 15) is 5.26 Å². The molecule has 2 rings (SSSR count). The van der Waals surface area contributed by atoms with Crippen molar-refractivity contribution >= 4 is 0 Å². The predicted octanol–water partition coefficient (Wildman–Crippen LogP) is 4.66. The number of aromatic nitrogens is 1. The molecule has 0 unspecified atom stereocenters. The van der Waals surface area contributed by atoms with Gasteiger partial charge in [-0.1, -0.05) is 32.9 Å². The number of rotatable bonds is 2. The fourth-order valence-corrected chi connectivity index (χ4v) is 2.16. The Bertz CT molecular complexity index is 706. The van der Waals surface area contributed by atoms with Crippen molar-refractivity contribution in [3.05, 3.63) is 52.8 Å². The van der Waals surface area contributed by atoms with Gasteiger partial charge in [-0.15, -0.1) is 0 Å². The summed E-state index contributed by atoms with van der Waals surface area (Å²) in [5, 5.41) is 9.28. The van der Waals surface area contributed by atoms with E-state index < -0.39 is 0 Å². The molecule has 3 heteroatoms. The van der Waals surface area contributed by atoms with Crippen LogP contribution in [0.15, 0.2) is 30.3 Å². The largest absolute Gasteiger partial charge is 0.456 e. The van der Waals surface area contributed by atoms with E-state index in [1.807, 2.05) is 32.0 Å². The molecule has 21 heavy (non-hydrogen) atoms. The fraction of sp³-hybridized carbons (Fsp3) is 0.333. The molecule has 0 saturated heterocycles. The molecule has 1 aromatic carbocycles. The number of aryl methyl sites for hydroxylation is 2. The fourth-order valence-electron chi connectivity index (χ4n) is 2.16. The summed E-state index contributed by atoms with van der Waals surface area (Å²) < 4.78 is 5.94. The van der Waals surface area contributed by atoms with Gasteiger partial charge < -0.3 is 4.74 Å². The van der Waals surface area contributed by atoms with Gasteiger partial charge in [0.2, 0.25) is 0 Å². The number of pyridine rings is 1. The molecule has 0 aliphatic heterocycles. The van der Waals surface area contributed by atoms with Crippen LogP contribution in [0.2, 0.25) is 0 Å². The lowest BCUT2D eigenvalue weighted by Crippen LogP contribution is -2.10. The minimum atomic E-state index is 0.0570. The third-order valence-corrected chi connectivity index (χ3v) is 3.33. The summed E-state index contributed by atoms with van der Waals surface area (Å²) in [6.45, 7) is 10.2. The Hall–Kier alpha value is -2.34. The predicted molar refractivity (Wildman–Crippen MR) is 83.6 cm³/mol. The molecule has 0 fully saturated rings. The quantitative estimate of drug-likeness (QED) is 0.803. The number of ether oxygens (including phenoxy) is 1. The van der Waals surface area contributed by atoms with E-state index in [1.54, 1.807) is 6.07 Å². The van der Waals surface area contributed by atoms with Crippen molar-refractivity contribution in [2.24, 2.45) is 0 Å². The molecule has 1 heterocycles. The summed E-state index contributed by atoms with van der Waals surface area (Å²) >= 11 is 0. The summed E-state index contributed by atoms with van der Waals surface area (Å²) in [5.41, 5.74) is 3.28. The van der Waals surface area contributed by atoms with Crippen molar-refractivity contribution in [1.29, 1.82) is 5.26 Å². The maximum Gasteiger partial charge on any atom is 0.148 e. The van der Waals surface area contributed by atoms with E-state index in [0.717, 1.165) is 11.4 Å². The van der Waals surface area contributed by atoms with Crippen LogP contribution in [0.4, 0.5) is 0 Å². The van der Waals surface area contributed by atoms with Crippen LogP contribution in [-0.2, 0) is 5.41 Å². The average Bonchev–Trinajstić information content (AvgIpc) is 2.37. The van der Waals surface area contributed by atoms with Gasteiger partial charge in [0.25, 0.3) is 0 Å². The highest BCUT2D eigenvalue weighted by atomic mass is 16.5. The Balaban J connectivity index is 2.42. The highest BCUT2D eigenvalue weighted by molar-refractivity contribution is 5.49. The van der Waals surface area contributed by atoms with Crippen LogP contribution in [0.25, 0.3) is 0 Å². The second kappa shape index (κ2) is 5.57. The van der Waals surface area contributed by atoms with E-state index in [1.165, 1.54) is 5.56 Å². The van der Waals surface area contributed by atoms with Crippen LogP contribution in [0.5, 0.6) is 11.5 Å². The van der Waals surface area contributed by atoms with Crippen molar-refractivity contribution in [2.45, 2.75) is 40.0 Å². The van der Waals surface area contributed by atoms with Gasteiger partial charge in [0.1, 0.15) is 23.1 Å². The lowest BCUT2D eigenvalue weighted by atomic mass is 9.87. The minimum Gasteiger partial charge on any atom is -0.456 e. The Morgan fingerprint density at radius 2 is 1.86 bits per heavy atom. The lowest BCUT2D eigenvalue weighted by Gasteiger charge is -2.20. The van der Waals surface area contributed by atoms with Crippen molar-refractivity contribution in [2.75, 3.05) is 0 Å². The maximum atomic E-state index is 9.28. The zero-order chi connectivity index (χ0) is 15.6. The number of nitrogens with zero attached hydrogens (tertiary/aromatic N) is 2. The molecule has 0 aliphatic rings. The molecule has 0 spiro atoms. The summed E-state index contributed by atoms with van der Waals surface area (Å²) in [6.07, 6.45) is 0. The van der Waals surface area contributed by atoms with Gasteiger partial charge in [0.15, 0.2) is 0 Å². The highest BCUT2D eigenvalue weighted by Crippen LogP contribution is 2.30. The Morgan fingerprint density at radius 3 is 2.48 bits per heavy atom. The second-order valence-corrected chi connectivity index (χ2v) is 6.21. The first-order valence-electron chi connectivity index (χ1n) is 6.98. The average molecular weight is 280 g/mol. The third kappa shape index (κ3) is 3.41. The molecule has 0 atom stereocenters. The lowest BCUT2D eigenvalue weighted by molar-refractivity contribution is 0.475. The molecular weight excluding hydrogens is 260 g/mol. The minimum absolute atomic E-state index is 0.0570. The SMILES string of the molecule is Cc1cc(Oc2cccc(C(C)(C)C)c2)c(C#N)c(C)n1. The summed E-state index contributed by atoms with van der Waals surface area (Å²) in [4.78, 5) is 4.30. The zero-order valence-electron chi connectivity index (χ0n) is 13.2. The normalized spacial score (nSPS) is 11.0. The number of hydrogen-bond donors (Lipinski definition) is 0. The molecule has 0 radical (unpaired) electrons. The van der Waals surface area contributed by atoms with Crippen molar-refractivity contribution in [3.8, 4) is 17.6 Å². The number of hydrogen-bond acceptors (Lipinski definition) is 3. The van der Waals surface area contributed by atoms with Crippen LogP contribution in [0.1, 0.15) is 43.3 Å².